The Balaban J connectivity index is 2.66. The van der Waals surface area contributed by atoms with Crippen LogP contribution in [0.2, 0.25) is 10.0 Å². The number of ether oxygens (including phenoxy) is 1. The Hall–Kier alpha value is -1.79. The Morgan fingerprint density at radius 3 is 2.70 bits per heavy atom. The number of benzene rings is 1. The van der Waals surface area contributed by atoms with Crippen LogP contribution in [0.15, 0.2) is 12.1 Å². The zero-order chi connectivity index (χ0) is 15.0. The maximum absolute atomic E-state index is 14.0. The van der Waals surface area contributed by atoms with E-state index in [1.54, 1.807) is 0 Å². The molecule has 0 atom stereocenters. The Kier molecular flexibility index (Phi) is 3.87. The third kappa shape index (κ3) is 2.32. The van der Waals surface area contributed by atoms with Gasteiger partial charge in [-0.2, -0.15) is 5.10 Å². The van der Waals surface area contributed by atoms with Gasteiger partial charge in [0.25, 0.3) is 0 Å². The molecule has 1 aromatic carbocycles. The lowest BCUT2D eigenvalue weighted by molar-refractivity contribution is 0.0588. The molecule has 5 nitrogen and oxygen atoms in total. The third-order valence-corrected chi connectivity index (χ3v) is 3.39. The summed E-state index contributed by atoms with van der Waals surface area (Å²) in [5.41, 5.74) is 6.00. The molecule has 0 spiro atoms. The second-order valence-electron chi connectivity index (χ2n) is 3.98. The standard InChI is InChI=1S/C12H10Cl2FN3O2/c1-18-11(12(19)20-2)9(14)10(17-18)5-3-8(16)6(13)4-7(5)15/h3-4H,16H2,1-2H3. The second-order valence-corrected chi connectivity index (χ2v) is 4.77. The van der Waals surface area contributed by atoms with Gasteiger partial charge in [0.05, 0.1) is 17.8 Å². The monoisotopic (exact) mass is 317 g/mol. The van der Waals surface area contributed by atoms with Gasteiger partial charge in [-0.15, -0.1) is 0 Å². The van der Waals surface area contributed by atoms with Gasteiger partial charge in [0.1, 0.15) is 16.5 Å². The summed E-state index contributed by atoms with van der Waals surface area (Å²) < 4.78 is 19.8. The number of carbonyl (C=O) groups is 1. The number of halogens is 3. The van der Waals surface area contributed by atoms with Crippen molar-refractivity contribution in [2.75, 3.05) is 12.8 Å². The van der Waals surface area contributed by atoms with Crippen molar-refractivity contribution < 1.29 is 13.9 Å². The van der Waals surface area contributed by atoms with E-state index in [0.29, 0.717) is 0 Å². The van der Waals surface area contributed by atoms with Crippen molar-refractivity contribution in [3.05, 3.63) is 33.7 Å². The van der Waals surface area contributed by atoms with Crippen LogP contribution in [-0.4, -0.2) is 22.9 Å². The molecule has 2 aromatic rings. The van der Waals surface area contributed by atoms with Crippen LogP contribution in [0.3, 0.4) is 0 Å². The van der Waals surface area contributed by atoms with Gasteiger partial charge in [-0.3, -0.25) is 4.68 Å². The first kappa shape index (κ1) is 14.6. The lowest BCUT2D eigenvalue weighted by Gasteiger charge is -2.04. The van der Waals surface area contributed by atoms with Crippen LogP contribution in [0.25, 0.3) is 11.3 Å². The smallest absolute Gasteiger partial charge is 0.357 e. The van der Waals surface area contributed by atoms with E-state index in [9.17, 15) is 9.18 Å². The van der Waals surface area contributed by atoms with E-state index in [4.69, 9.17) is 28.9 Å². The van der Waals surface area contributed by atoms with Crippen molar-refractivity contribution in [1.29, 1.82) is 0 Å². The third-order valence-electron chi connectivity index (χ3n) is 2.71. The number of nitrogen functional groups attached to an aromatic ring is 1. The number of esters is 1. The van der Waals surface area contributed by atoms with Gasteiger partial charge in [-0.05, 0) is 12.1 Å². The number of aryl methyl sites for hydroxylation is 1. The Labute approximate surface area is 124 Å². The first-order valence-corrected chi connectivity index (χ1v) is 6.18. The van der Waals surface area contributed by atoms with Crippen molar-refractivity contribution in [3.8, 4) is 11.3 Å². The van der Waals surface area contributed by atoms with Gasteiger partial charge in [0, 0.05) is 12.6 Å². The van der Waals surface area contributed by atoms with Gasteiger partial charge >= 0.3 is 5.97 Å². The van der Waals surface area contributed by atoms with E-state index in [1.165, 1.54) is 24.9 Å². The molecule has 0 unspecified atom stereocenters. The molecule has 106 valence electrons. The molecule has 0 radical (unpaired) electrons. The first-order chi connectivity index (χ1) is 9.36. The predicted molar refractivity (Wildman–Crippen MR) is 74.4 cm³/mol. The quantitative estimate of drug-likeness (QED) is 0.683. The average Bonchev–Trinajstić information content (AvgIpc) is 2.68. The largest absolute Gasteiger partial charge is 0.464 e. The fraction of sp³-hybridized carbons (Fsp3) is 0.167. The van der Waals surface area contributed by atoms with E-state index < -0.39 is 11.8 Å². The molecule has 1 heterocycles. The molecule has 0 bridgehead atoms. The summed E-state index contributed by atoms with van der Waals surface area (Å²) in [6.07, 6.45) is 0. The highest BCUT2D eigenvalue weighted by Gasteiger charge is 2.24. The summed E-state index contributed by atoms with van der Waals surface area (Å²) in [6, 6.07) is 2.38. The van der Waals surface area contributed by atoms with Gasteiger partial charge < -0.3 is 10.5 Å². The minimum Gasteiger partial charge on any atom is -0.464 e. The van der Waals surface area contributed by atoms with E-state index >= 15 is 0 Å². The highest BCUT2D eigenvalue weighted by Crippen LogP contribution is 2.35. The highest BCUT2D eigenvalue weighted by molar-refractivity contribution is 6.36. The van der Waals surface area contributed by atoms with Crippen LogP contribution in [0.1, 0.15) is 10.5 Å². The number of aromatic nitrogens is 2. The Morgan fingerprint density at radius 1 is 1.45 bits per heavy atom. The van der Waals surface area contributed by atoms with Gasteiger partial charge in [0.15, 0.2) is 5.69 Å². The molecule has 0 amide bonds. The van der Waals surface area contributed by atoms with Crippen LogP contribution >= 0.6 is 23.2 Å². The minimum atomic E-state index is -0.668. The topological polar surface area (TPSA) is 70.1 Å². The van der Waals surface area contributed by atoms with Gasteiger partial charge in [-0.25, -0.2) is 9.18 Å². The van der Waals surface area contributed by atoms with Crippen molar-refractivity contribution in [2.24, 2.45) is 7.05 Å². The van der Waals surface area contributed by atoms with Gasteiger partial charge in [-0.1, -0.05) is 23.2 Å². The first-order valence-electron chi connectivity index (χ1n) is 5.42. The lowest BCUT2D eigenvalue weighted by atomic mass is 10.1. The maximum Gasteiger partial charge on any atom is 0.357 e. The molecular weight excluding hydrogens is 308 g/mol. The fourth-order valence-electron chi connectivity index (χ4n) is 1.74. The summed E-state index contributed by atoms with van der Waals surface area (Å²) in [7, 11) is 2.71. The summed E-state index contributed by atoms with van der Waals surface area (Å²) in [5, 5.41) is 4.10. The van der Waals surface area contributed by atoms with E-state index in [-0.39, 0.29) is 32.7 Å². The lowest BCUT2D eigenvalue weighted by Crippen LogP contribution is -2.08. The molecule has 0 aliphatic carbocycles. The van der Waals surface area contributed by atoms with Crippen LogP contribution in [-0.2, 0) is 11.8 Å². The number of methoxy groups -OCH3 is 1. The normalized spacial score (nSPS) is 10.7. The molecule has 0 aliphatic rings. The zero-order valence-corrected chi connectivity index (χ0v) is 12.1. The van der Waals surface area contributed by atoms with E-state index in [0.717, 1.165) is 6.07 Å². The number of anilines is 1. The van der Waals surface area contributed by atoms with Crippen LogP contribution in [0.4, 0.5) is 10.1 Å². The summed E-state index contributed by atoms with van der Waals surface area (Å²) in [5.74, 6) is -1.31. The molecule has 0 saturated carbocycles. The van der Waals surface area contributed by atoms with E-state index in [2.05, 4.69) is 9.84 Å². The number of nitrogens with zero attached hydrogens (tertiary/aromatic N) is 2. The predicted octanol–water partition coefficient (Wildman–Crippen LogP) is 2.90. The molecule has 2 rings (SSSR count). The Morgan fingerprint density at radius 2 is 2.10 bits per heavy atom. The molecular formula is C12H10Cl2FN3O2. The Bertz CT molecular complexity index is 700. The van der Waals surface area contributed by atoms with Crippen LogP contribution < -0.4 is 5.73 Å². The number of hydrogen-bond acceptors (Lipinski definition) is 4. The number of nitrogens with two attached hydrogens (primary N) is 1. The summed E-state index contributed by atoms with van der Waals surface area (Å²) in [4.78, 5) is 11.6. The van der Waals surface area contributed by atoms with Crippen molar-refractivity contribution in [3.63, 3.8) is 0 Å². The number of carbonyl (C=O) groups excluding carboxylic acids is 1. The molecule has 8 heteroatoms. The summed E-state index contributed by atoms with van der Waals surface area (Å²) >= 11 is 11.8. The van der Waals surface area contributed by atoms with Crippen molar-refractivity contribution in [1.82, 2.24) is 9.78 Å². The van der Waals surface area contributed by atoms with E-state index in [1.807, 2.05) is 0 Å². The van der Waals surface area contributed by atoms with Gasteiger partial charge in [0.2, 0.25) is 0 Å². The number of hydrogen-bond donors (Lipinski definition) is 1. The average molecular weight is 318 g/mol. The summed E-state index contributed by atoms with van der Waals surface area (Å²) in [6.45, 7) is 0. The molecule has 2 N–H and O–H groups in total. The maximum atomic E-state index is 14.0. The zero-order valence-electron chi connectivity index (χ0n) is 10.6. The fourth-order valence-corrected chi connectivity index (χ4v) is 2.23. The highest BCUT2D eigenvalue weighted by atomic mass is 35.5. The van der Waals surface area contributed by atoms with Crippen molar-refractivity contribution in [2.45, 2.75) is 0 Å². The minimum absolute atomic E-state index is 0.0139. The molecule has 20 heavy (non-hydrogen) atoms. The SMILES string of the molecule is COC(=O)c1c(Cl)c(-c2cc(N)c(Cl)cc2F)nn1C. The van der Waals surface area contributed by atoms with Crippen LogP contribution in [0.5, 0.6) is 0 Å². The van der Waals surface area contributed by atoms with Crippen LogP contribution in [0, 0.1) is 5.82 Å². The van der Waals surface area contributed by atoms with Crippen molar-refractivity contribution >= 4 is 34.9 Å². The molecule has 0 aliphatic heterocycles. The molecule has 1 aromatic heterocycles. The molecule has 0 fully saturated rings. The molecule has 0 saturated heterocycles. The second kappa shape index (κ2) is 5.30. The number of rotatable bonds is 2.